The predicted octanol–water partition coefficient (Wildman–Crippen LogP) is 3.24. The van der Waals surface area contributed by atoms with Crippen LogP contribution in [-0.4, -0.2) is 25.8 Å². The van der Waals surface area contributed by atoms with Gasteiger partial charge in [0.05, 0.1) is 19.8 Å². The first-order valence-corrected chi connectivity index (χ1v) is 7.81. The average molecular weight is 352 g/mol. The quantitative estimate of drug-likeness (QED) is 0.518. The molecule has 1 heterocycles. The topological polar surface area (TPSA) is 82.8 Å². The summed E-state index contributed by atoms with van der Waals surface area (Å²) >= 11 is 0. The van der Waals surface area contributed by atoms with Gasteiger partial charge in [-0.15, -0.1) is 0 Å². The fourth-order valence-corrected chi connectivity index (χ4v) is 2.82. The van der Waals surface area contributed by atoms with E-state index in [-0.39, 0.29) is 16.7 Å². The van der Waals surface area contributed by atoms with Crippen molar-refractivity contribution in [2.45, 2.75) is 6.92 Å². The molecule has 26 heavy (non-hydrogen) atoms. The second-order valence-corrected chi connectivity index (χ2v) is 5.59. The highest BCUT2D eigenvalue weighted by atomic mass is 16.5. The summed E-state index contributed by atoms with van der Waals surface area (Å²) in [7, 11) is 2.92. The molecule has 3 rings (SSSR count). The molecule has 0 unspecified atom stereocenters. The molecule has 0 amide bonds. The highest BCUT2D eigenvalue weighted by Gasteiger charge is 2.26. The Hall–Kier alpha value is -3.41. The monoisotopic (exact) mass is 352 g/mol. The highest BCUT2D eigenvalue weighted by molar-refractivity contribution is 6.21. The van der Waals surface area contributed by atoms with Crippen molar-refractivity contribution in [1.29, 1.82) is 0 Å². The molecule has 1 aromatic heterocycles. The first kappa shape index (κ1) is 17.4. The maximum absolute atomic E-state index is 13.2. The molecule has 0 aliphatic rings. The molecular weight excluding hydrogens is 336 g/mol. The average Bonchev–Trinajstić information content (AvgIpc) is 2.65. The fraction of sp³-hybridized carbons (Fsp3) is 0.150. The van der Waals surface area contributed by atoms with Gasteiger partial charge in [0.15, 0.2) is 22.9 Å². The van der Waals surface area contributed by atoms with E-state index in [9.17, 15) is 14.4 Å². The first-order valence-electron chi connectivity index (χ1n) is 7.81. The second-order valence-electron chi connectivity index (χ2n) is 5.59. The number of methoxy groups -OCH3 is 2. The molecule has 0 aliphatic heterocycles. The maximum atomic E-state index is 13.2. The molecule has 0 radical (unpaired) electrons. The number of fused-ring (bicyclic) bond motifs is 1. The molecule has 6 heteroatoms. The Morgan fingerprint density at radius 3 is 2.35 bits per heavy atom. The van der Waals surface area contributed by atoms with E-state index < -0.39 is 17.2 Å². The number of hydrogen-bond acceptors (Lipinski definition) is 6. The smallest absolute Gasteiger partial charge is 0.348 e. The Morgan fingerprint density at radius 1 is 0.962 bits per heavy atom. The number of hydrogen-bond donors (Lipinski definition) is 0. The van der Waals surface area contributed by atoms with Crippen molar-refractivity contribution in [1.82, 2.24) is 0 Å². The minimum atomic E-state index is -0.874. The van der Waals surface area contributed by atoms with Crippen LogP contribution in [0.25, 0.3) is 11.0 Å². The first-order chi connectivity index (χ1) is 12.5. The lowest BCUT2D eigenvalue weighted by atomic mass is 9.94. The molecule has 0 fully saturated rings. The number of carbonyl (C=O) groups excluding carboxylic acids is 2. The van der Waals surface area contributed by atoms with Crippen molar-refractivity contribution < 1.29 is 23.5 Å². The van der Waals surface area contributed by atoms with E-state index in [0.717, 1.165) is 0 Å². The van der Waals surface area contributed by atoms with Crippen LogP contribution in [0.3, 0.4) is 0 Å². The third kappa shape index (κ3) is 2.86. The molecule has 0 aliphatic carbocycles. The molecular formula is C20H16O6. The Morgan fingerprint density at radius 2 is 1.69 bits per heavy atom. The number of benzene rings is 2. The summed E-state index contributed by atoms with van der Waals surface area (Å²) in [5.74, 6) is -0.227. The Balaban J connectivity index is 2.39. The summed E-state index contributed by atoms with van der Waals surface area (Å²) in [5, 5.41) is 0.335. The minimum absolute atomic E-state index is 0.00379. The predicted molar refractivity (Wildman–Crippen MR) is 95.5 cm³/mol. The molecule has 0 bridgehead atoms. The van der Waals surface area contributed by atoms with E-state index in [0.29, 0.717) is 22.4 Å². The summed E-state index contributed by atoms with van der Waals surface area (Å²) < 4.78 is 15.6. The van der Waals surface area contributed by atoms with Gasteiger partial charge in [0.1, 0.15) is 11.3 Å². The Bertz CT molecular complexity index is 1080. The number of ketones is 2. The van der Waals surface area contributed by atoms with Crippen molar-refractivity contribution in [3.05, 3.63) is 69.6 Å². The number of ether oxygens (including phenoxy) is 2. The summed E-state index contributed by atoms with van der Waals surface area (Å²) in [6.07, 6.45) is 0. The van der Waals surface area contributed by atoms with Gasteiger partial charge in [0.25, 0.3) is 0 Å². The van der Waals surface area contributed by atoms with Crippen molar-refractivity contribution in [3.8, 4) is 11.5 Å². The van der Waals surface area contributed by atoms with Gasteiger partial charge in [-0.3, -0.25) is 9.59 Å². The van der Waals surface area contributed by atoms with Crippen molar-refractivity contribution in [3.63, 3.8) is 0 Å². The van der Waals surface area contributed by atoms with Crippen LogP contribution in [0.4, 0.5) is 0 Å². The van der Waals surface area contributed by atoms with Gasteiger partial charge in [-0.1, -0.05) is 24.3 Å². The standard InChI is InChI=1S/C20H16O6/c1-11(21)16-17(18(22)12-6-4-7-13(10-12)24-2)14-8-5-9-15(25-3)19(14)26-20(16)23/h4-10H,1-3H3. The molecule has 132 valence electrons. The van der Waals surface area contributed by atoms with Crippen molar-refractivity contribution >= 4 is 22.5 Å². The van der Waals surface area contributed by atoms with Crippen LogP contribution < -0.4 is 15.1 Å². The van der Waals surface area contributed by atoms with Crippen LogP contribution in [-0.2, 0) is 0 Å². The third-order valence-electron chi connectivity index (χ3n) is 4.03. The van der Waals surface area contributed by atoms with Crippen LogP contribution in [0.15, 0.2) is 51.7 Å². The number of rotatable bonds is 5. The summed E-state index contributed by atoms with van der Waals surface area (Å²) in [6.45, 7) is 1.22. The SMILES string of the molecule is COc1cccc(C(=O)c2c(C(C)=O)c(=O)oc3c(OC)cccc23)c1. The summed E-state index contributed by atoms with van der Waals surface area (Å²) in [5.41, 5.74) is -0.743. The molecule has 0 spiro atoms. The van der Waals surface area contributed by atoms with Gasteiger partial charge in [0.2, 0.25) is 0 Å². The number of Topliss-reactive ketones (excluding diaryl/α,β-unsaturated/α-hetero) is 1. The van der Waals surface area contributed by atoms with E-state index in [1.165, 1.54) is 21.1 Å². The molecule has 0 saturated carbocycles. The zero-order valence-corrected chi connectivity index (χ0v) is 14.5. The summed E-state index contributed by atoms with van der Waals surface area (Å²) in [4.78, 5) is 37.7. The van der Waals surface area contributed by atoms with E-state index in [2.05, 4.69) is 0 Å². The fourth-order valence-electron chi connectivity index (χ4n) is 2.82. The van der Waals surface area contributed by atoms with Crippen molar-refractivity contribution in [2.75, 3.05) is 14.2 Å². The van der Waals surface area contributed by atoms with Gasteiger partial charge in [0, 0.05) is 10.9 Å². The van der Waals surface area contributed by atoms with Crippen LogP contribution in [0, 0.1) is 0 Å². The van der Waals surface area contributed by atoms with E-state index in [4.69, 9.17) is 13.9 Å². The maximum Gasteiger partial charge on any atom is 0.348 e. The highest BCUT2D eigenvalue weighted by Crippen LogP contribution is 2.30. The van der Waals surface area contributed by atoms with Crippen molar-refractivity contribution in [2.24, 2.45) is 0 Å². The molecule has 3 aromatic rings. The van der Waals surface area contributed by atoms with E-state index in [1.54, 1.807) is 42.5 Å². The zero-order chi connectivity index (χ0) is 18.8. The number of carbonyl (C=O) groups is 2. The lowest BCUT2D eigenvalue weighted by Gasteiger charge is -2.11. The summed E-state index contributed by atoms with van der Waals surface area (Å²) in [6, 6.07) is 11.4. The molecule has 0 N–H and O–H groups in total. The van der Waals surface area contributed by atoms with E-state index >= 15 is 0 Å². The lowest BCUT2D eigenvalue weighted by Crippen LogP contribution is -2.19. The van der Waals surface area contributed by atoms with Gasteiger partial charge in [-0.25, -0.2) is 4.79 Å². The zero-order valence-electron chi connectivity index (χ0n) is 14.5. The Labute approximate surface area is 149 Å². The third-order valence-corrected chi connectivity index (χ3v) is 4.03. The van der Waals surface area contributed by atoms with Crippen LogP contribution in [0.1, 0.15) is 33.2 Å². The second kappa shape index (κ2) is 6.84. The molecule has 0 saturated heterocycles. The minimum Gasteiger partial charge on any atom is -0.497 e. The van der Waals surface area contributed by atoms with Crippen LogP contribution >= 0.6 is 0 Å². The molecule has 2 aromatic carbocycles. The van der Waals surface area contributed by atoms with Crippen LogP contribution in [0.2, 0.25) is 0 Å². The van der Waals surface area contributed by atoms with Gasteiger partial charge in [-0.2, -0.15) is 0 Å². The normalized spacial score (nSPS) is 10.6. The molecule has 6 nitrogen and oxygen atoms in total. The van der Waals surface area contributed by atoms with E-state index in [1.807, 2.05) is 0 Å². The molecule has 0 atom stereocenters. The number of para-hydroxylation sites is 1. The Kier molecular flexibility index (Phi) is 4.58. The van der Waals surface area contributed by atoms with Gasteiger partial charge in [-0.05, 0) is 25.1 Å². The lowest BCUT2D eigenvalue weighted by molar-refractivity contribution is 0.0987. The van der Waals surface area contributed by atoms with Gasteiger partial charge >= 0.3 is 5.63 Å². The largest absolute Gasteiger partial charge is 0.497 e. The van der Waals surface area contributed by atoms with Gasteiger partial charge < -0.3 is 13.9 Å². The van der Waals surface area contributed by atoms with Crippen LogP contribution in [0.5, 0.6) is 11.5 Å².